The number of hydrogen-bond donors (Lipinski definition) is 4. The number of para-hydroxylation sites is 1. The lowest BCUT2D eigenvalue weighted by atomic mass is 9.97. The molecule has 4 aromatic rings. The highest BCUT2D eigenvalue weighted by Gasteiger charge is 2.20. The van der Waals surface area contributed by atoms with Crippen molar-refractivity contribution in [2.24, 2.45) is 0 Å². The third-order valence-corrected chi connectivity index (χ3v) is 7.02. The second kappa shape index (κ2) is 8.58. The van der Waals surface area contributed by atoms with Crippen LogP contribution in [0.3, 0.4) is 0 Å². The second-order valence-electron chi connectivity index (χ2n) is 8.04. The minimum atomic E-state index is -0.342. The molecule has 0 fully saturated rings. The number of rotatable bonds is 5. The van der Waals surface area contributed by atoms with Gasteiger partial charge in [-0.3, -0.25) is 25.2 Å². The van der Waals surface area contributed by atoms with Gasteiger partial charge >= 0.3 is 0 Å². The number of carbonyl (C=O) groups excluding carboxylic acids is 2. The number of nitrogens with zero attached hydrogens (tertiary/aromatic N) is 1. The zero-order valence-corrected chi connectivity index (χ0v) is 18.2. The topological polar surface area (TPSA) is 120 Å². The van der Waals surface area contributed by atoms with Crippen LogP contribution in [0.2, 0.25) is 0 Å². The number of fused-ring (bicyclic) bond motifs is 4. The number of carbonyl (C=O) groups is 2. The molecule has 0 unspecified atom stereocenters. The maximum Gasteiger partial charge on any atom is 0.259 e. The highest BCUT2D eigenvalue weighted by molar-refractivity contribution is 7.18. The van der Waals surface area contributed by atoms with Gasteiger partial charge in [0.05, 0.1) is 11.8 Å². The van der Waals surface area contributed by atoms with Crippen molar-refractivity contribution >= 4 is 44.3 Å². The smallest absolute Gasteiger partial charge is 0.259 e. The molecule has 3 heterocycles. The van der Waals surface area contributed by atoms with E-state index in [2.05, 4.69) is 25.8 Å². The first-order chi connectivity index (χ1) is 15.6. The number of hydrogen-bond acceptors (Lipinski definition) is 5. The number of aromatic nitrogens is 3. The molecule has 9 heteroatoms. The summed E-state index contributed by atoms with van der Waals surface area (Å²) >= 11 is 1.59. The number of benzene rings is 1. The van der Waals surface area contributed by atoms with E-state index in [9.17, 15) is 14.4 Å². The van der Waals surface area contributed by atoms with Gasteiger partial charge in [-0.1, -0.05) is 18.2 Å². The van der Waals surface area contributed by atoms with Crippen molar-refractivity contribution in [3.8, 4) is 0 Å². The largest absolute Gasteiger partial charge is 0.361 e. The minimum absolute atomic E-state index is 0.104. The van der Waals surface area contributed by atoms with Crippen LogP contribution in [0.4, 0.5) is 0 Å². The highest BCUT2D eigenvalue weighted by atomic mass is 32.1. The van der Waals surface area contributed by atoms with Gasteiger partial charge in [0, 0.05) is 34.8 Å². The maximum absolute atomic E-state index is 12.6. The Morgan fingerprint density at radius 3 is 2.81 bits per heavy atom. The normalized spacial score (nSPS) is 13.2. The fourth-order valence-electron chi connectivity index (χ4n) is 4.26. The molecule has 1 aliphatic carbocycles. The fourth-order valence-corrected chi connectivity index (χ4v) is 5.54. The van der Waals surface area contributed by atoms with Gasteiger partial charge in [-0.05, 0) is 42.9 Å². The van der Waals surface area contributed by atoms with Gasteiger partial charge in [0.1, 0.15) is 10.7 Å². The predicted octanol–water partition coefficient (Wildman–Crippen LogP) is 2.67. The Balaban J connectivity index is 1.17. The van der Waals surface area contributed by atoms with Gasteiger partial charge in [-0.25, -0.2) is 4.98 Å². The molecule has 1 aromatic carbocycles. The Morgan fingerprint density at radius 1 is 1.09 bits per heavy atom. The van der Waals surface area contributed by atoms with E-state index in [4.69, 9.17) is 0 Å². The van der Waals surface area contributed by atoms with E-state index < -0.39 is 0 Å². The van der Waals surface area contributed by atoms with Gasteiger partial charge in [0.2, 0.25) is 11.8 Å². The molecule has 0 spiro atoms. The number of thiophene rings is 1. The SMILES string of the molecule is O=C(CCc1nc2sc3c(c2c(=O)[nH]1)CCCC3)NNC(=O)Cc1c[nH]c2ccccc12. The van der Waals surface area contributed by atoms with Crippen molar-refractivity contribution in [2.75, 3.05) is 0 Å². The van der Waals surface area contributed by atoms with E-state index in [1.807, 2.05) is 24.3 Å². The van der Waals surface area contributed by atoms with Crippen LogP contribution in [0.15, 0.2) is 35.3 Å². The van der Waals surface area contributed by atoms with E-state index in [0.29, 0.717) is 11.2 Å². The molecular weight excluding hydrogens is 426 g/mol. The van der Waals surface area contributed by atoms with Gasteiger partial charge < -0.3 is 9.97 Å². The standard InChI is InChI=1S/C23H23N5O3S/c29-19(27-28-20(30)11-13-12-24-16-7-3-1-5-14(13)16)10-9-18-25-22(31)21-15-6-2-4-8-17(15)32-23(21)26-18/h1,3,5,7,12,24H,2,4,6,8-11H2,(H,27,29)(H,28,30)(H,25,26,31). The summed E-state index contributed by atoms with van der Waals surface area (Å²) in [6.07, 6.45) is 6.53. The lowest BCUT2D eigenvalue weighted by Crippen LogP contribution is -2.42. The van der Waals surface area contributed by atoms with Crippen molar-refractivity contribution < 1.29 is 9.59 Å². The van der Waals surface area contributed by atoms with Crippen LogP contribution < -0.4 is 16.4 Å². The van der Waals surface area contributed by atoms with E-state index in [-0.39, 0.29) is 36.6 Å². The summed E-state index contributed by atoms with van der Waals surface area (Å²) in [4.78, 5) is 49.5. The van der Waals surface area contributed by atoms with Crippen molar-refractivity contribution in [3.63, 3.8) is 0 Å². The Bertz CT molecular complexity index is 1380. The first-order valence-electron chi connectivity index (χ1n) is 10.7. The van der Waals surface area contributed by atoms with Crippen molar-refractivity contribution in [1.82, 2.24) is 25.8 Å². The molecule has 0 saturated carbocycles. The van der Waals surface area contributed by atoms with Crippen LogP contribution in [-0.4, -0.2) is 26.8 Å². The molecule has 3 aromatic heterocycles. The number of aryl methyl sites for hydroxylation is 3. The van der Waals surface area contributed by atoms with Crippen molar-refractivity contribution in [3.05, 3.63) is 62.6 Å². The fraction of sp³-hybridized carbons (Fsp3) is 0.304. The van der Waals surface area contributed by atoms with Crippen LogP contribution in [0.5, 0.6) is 0 Å². The summed E-state index contributed by atoms with van der Waals surface area (Å²) in [7, 11) is 0. The maximum atomic E-state index is 12.6. The Labute approximate surface area is 187 Å². The average Bonchev–Trinajstić information content (AvgIpc) is 3.37. The Kier molecular flexibility index (Phi) is 5.48. The molecule has 164 valence electrons. The lowest BCUT2D eigenvalue weighted by molar-refractivity contribution is -0.128. The van der Waals surface area contributed by atoms with Crippen LogP contribution in [0.25, 0.3) is 21.1 Å². The van der Waals surface area contributed by atoms with Crippen molar-refractivity contribution in [1.29, 1.82) is 0 Å². The number of hydrazine groups is 1. The van der Waals surface area contributed by atoms with Gasteiger partial charge in [-0.2, -0.15) is 0 Å². The molecular formula is C23H23N5O3S. The quantitative estimate of drug-likeness (QED) is 0.350. The second-order valence-corrected chi connectivity index (χ2v) is 9.12. The molecule has 0 atom stereocenters. The minimum Gasteiger partial charge on any atom is -0.361 e. The van der Waals surface area contributed by atoms with E-state index in [0.717, 1.165) is 52.5 Å². The number of nitrogens with one attached hydrogen (secondary N) is 4. The van der Waals surface area contributed by atoms with Crippen LogP contribution in [-0.2, 0) is 35.3 Å². The first-order valence-corrected chi connectivity index (χ1v) is 11.6. The molecule has 0 radical (unpaired) electrons. The Hall–Kier alpha value is -3.46. The number of aromatic amines is 2. The highest BCUT2D eigenvalue weighted by Crippen LogP contribution is 2.33. The molecule has 0 saturated heterocycles. The summed E-state index contributed by atoms with van der Waals surface area (Å²) in [5.41, 5.74) is 7.73. The lowest BCUT2D eigenvalue weighted by Gasteiger charge is -2.09. The monoisotopic (exact) mass is 449 g/mol. The van der Waals surface area contributed by atoms with Crippen LogP contribution >= 0.6 is 11.3 Å². The van der Waals surface area contributed by atoms with Gasteiger partial charge in [0.15, 0.2) is 0 Å². The zero-order chi connectivity index (χ0) is 22.1. The molecule has 1 aliphatic rings. The molecule has 4 N–H and O–H groups in total. The first kappa shape index (κ1) is 20.4. The molecule has 5 rings (SSSR count). The summed E-state index contributed by atoms with van der Waals surface area (Å²) in [6.45, 7) is 0. The predicted molar refractivity (Wildman–Crippen MR) is 123 cm³/mol. The van der Waals surface area contributed by atoms with E-state index in [1.165, 1.54) is 4.88 Å². The van der Waals surface area contributed by atoms with Gasteiger partial charge in [-0.15, -0.1) is 11.3 Å². The molecule has 0 aliphatic heterocycles. The summed E-state index contributed by atoms with van der Waals surface area (Å²) in [5.74, 6) is -0.160. The van der Waals surface area contributed by atoms with Crippen LogP contribution in [0, 0.1) is 0 Å². The van der Waals surface area contributed by atoms with Gasteiger partial charge in [0.25, 0.3) is 5.56 Å². The van der Waals surface area contributed by atoms with Crippen molar-refractivity contribution in [2.45, 2.75) is 44.9 Å². The van der Waals surface area contributed by atoms with E-state index in [1.54, 1.807) is 17.5 Å². The number of amides is 2. The zero-order valence-electron chi connectivity index (χ0n) is 17.4. The average molecular weight is 450 g/mol. The number of H-pyrrole nitrogens is 2. The molecule has 32 heavy (non-hydrogen) atoms. The Morgan fingerprint density at radius 2 is 1.91 bits per heavy atom. The molecule has 0 bridgehead atoms. The third-order valence-electron chi connectivity index (χ3n) is 5.83. The molecule has 8 nitrogen and oxygen atoms in total. The van der Waals surface area contributed by atoms with E-state index >= 15 is 0 Å². The summed E-state index contributed by atoms with van der Waals surface area (Å²) < 4.78 is 0. The third kappa shape index (κ3) is 4.03. The van der Waals surface area contributed by atoms with Crippen LogP contribution in [0.1, 0.15) is 41.1 Å². The summed E-state index contributed by atoms with van der Waals surface area (Å²) in [6, 6.07) is 7.73. The summed E-state index contributed by atoms with van der Waals surface area (Å²) in [5, 5.41) is 1.69. The molecule has 2 amide bonds.